The number of halogens is 4. The summed E-state index contributed by atoms with van der Waals surface area (Å²) in [5.41, 5.74) is 6.16. The zero-order valence-electron chi connectivity index (χ0n) is 19.3. The second-order valence-corrected chi connectivity index (χ2v) is 9.35. The number of primary amides is 1. The number of fused-ring (bicyclic) bond motifs is 1. The lowest BCUT2D eigenvalue weighted by molar-refractivity contribution is -0.136. The normalized spacial score (nSPS) is 14.9. The monoisotopic (exact) mass is 523 g/mol. The maximum Gasteiger partial charge on any atom is 0.389 e. The molecule has 0 unspecified atom stereocenters. The van der Waals surface area contributed by atoms with E-state index in [1.165, 1.54) is 21.4 Å². The fourth-order valence-corrected chi connectivity index (χ4v) is 4.49. The number of aromatic nitrogens is 3. The molecule has 0 bridgehead atoms. The van der Waals surface area contributed by atoms with Gasteiger partial charge in [-0.15, -0.1) is 0 Å². The van der Waals surface area contributed by atoms with E-state index in [1.54, 1.807) is 29.2 Å². The summed E-state index contributed by atoms with van der Waals surface area (Å²) >= 11 is 5.95. The summed E-state index contributed by atoms with van der Waals surface area (Å²) in [6.45, 7) is 0.659. The first-order valence-corrected chi connectivity index (χ1v) is 11.9. The van der Waals surface area contributed by atoms with Crippen LogP contribution in [0.15, 0.2) is 41.5 Å². The van der Waals surface area contributed by atoms with Gasteiger partial charge in [0.15, 0.2) is 0 Å². The molecule has 36 heavy (non-hydrogen) atoms. The Kier molecular flexibility index (Phi) is 7.39. The lowest BCUT2D eigenvalue weighted by Gasteiger charge is -2.30. The van der Waals surface area contributed by atoms with Crippen molar-refractivity contribution < 1.29 is 22.8 Å². The van der Waals surface area contributed by atoms with E-state index in [2.05, 4.69) is 4.98 Å². The molecular weight excluding hydrogens is 499 g/mol. The molecule has 0 saturated carbocycles. The van der Waals surface area contributed by atoms with Crippen molar-refractivity contribution in [1.82, 2.24) is 18.9 Å². The van der Waals surface area contributed by atoms with Crippen molar-refractivity contribution in [3.63, 3.8) is 0 Å². The van der Waals surface area contributed by atoms with Gasteiger partial charge >= 0.3 is 6.18 Å². The van der Waals surface area contributed by atoms with Crippen LogP contribution in [0, 0.1) is 5.92 Å². The Labute approximate surface area is 209 Å². The van der Waals surface area contributed by atoms with E-state index in [4.69, 9.17) is 17.3 Å². The Morgan fingerprint density at radius 3 is 2.39 bits per heavy atom. The Bertz CT molecular complexity index is 1330. The number of alkyl halides is 3. The molecule has 12 heteroatoms. The lowest BCUT2D eigenvalue weighted by Crippen LogP contribution is -2.43. The minimum atomic E-state index is -4.31. The van der Waals surface area contributed by atoms with Crippen LogP contribution in [-0.2, 0) is 22.6 Å². The molecule has 0 aliphatic carbocycles. The number of imidazole rings is 1. The van der Waals surface area contributed by atoms with E-state index in [-0.39, 0.29) is 42.6 Å². The summed E-state index contributed by atoms with van der Waals surface area (Å²) in [6.07, 6.45) is -1.90. The number of carbonyl (C=O) groups is 2. The molecule has 192 valence electrons. The van der Waals surface area contributed by atoms with Crippen LogP contribution in [0.1, 0.15) is 31.2 Å². The van der Waals surface area contributed by atoms with E-state index in [0.717, 1.165) is 0 Å². The van der Waals surface area contributed by atoms with E-state index in [9.17, 15) is 27.6 Å². The van der Waals surface area contributed by atoms with Gasteiger partial charge in [-0.25, -0.2) is 4.98 Å². The summed E-state index contributed by atoms with van der Waals surface area (Å²) in [5.74, 6) is -0.792. The number of hydrogen-bond donors (Lipinski definition) is 1. The van der Waals surface area contributed by atoms with Crippen LogP contribution in [0.2, 0.25) is 5.02 Å². The zero-order chi connectivity index (χ0) is 26.0. The second-order valence-electron chi connectivity index (χ2n) is 8.91. The largest absolute Gasteiger partial charge is 0.389 e. The van der Waals surface area contributed by atoms with Crippen LogP contribution in [-0.4, -0.2) is 49.9 Å². The van der Waals surface area contributed by atoms with Gasteiger partial charge in [0, 0.05) is 60.5 Å². The Morgan fingerprint density at radius 2 is 1.78 bits per heavy atom. The molecule has 2 N–H and O–H groups in total. The van der Waals surface area contributed by atoms with Crippen molar-refractivity contribution in [2.45, 2.75) is 44.8 Å². The van der Waals surface area contributed by atoms with Gasteiger partial charge in [-0.3, -0.25) is 18.8 Å². The summed E-state index contributed by atoms with van der Waals surface area (Å²) in [4.78, 5) is 43.6. The highest BCUT2D eigenvalue weighted by atomic mass is 35.5. The van der Waals surface area contributed by atoms with Crippen molar-refractivity contribution in [3.8, 4) is 11.3 Å². The second kappa shape index (κ2) is 10.3. The van der Waals surface area contributed by atoms with E-state index in [1.807, 2.05) is 0 Å². The predicted molar refractivity (Wildman–Crippen MR) is 127 cm³/mol. The molecule has 1 saturated heterocycles. The highest BCUT2D eigenvalue weighted by molar-refractivity contribution is 6.30. The number of hydrogen-bond acceptors (Lipinski definition) is 4. The summed E-state index contributed by atoms with van der Waals surface area (Å²) in [7, 11) is 0. The first kappa shape index (κ1) is 25.7. The van der Waals surface area contributed by atoms with Gasteiger partial charge < -0.3 is 15.2 Å². The first-order valence-electron chi connectivity index (χ1n) is 11.5. The summed E-state index contributed by atoms with van der Waals surface area (Å²) < 4.78 is 41.0. The molecule has 1 fully saturated rings. The van der Waals surface area contributed by atoms with Crippen LogP contribution in [0.5, 0.6) is 0 Å². The highest BCUT2D eigenvalue weighted by Crippen LogP contribution is 2.24. The van der Waals surface area contributed by atoms with Crippen LogP contribution in [0.25, 0.3) is 17.0 Å². The van der Waals surface area contributed by atoms with Crippen LogP contribution in [0.3, 0.4) is 0 Å². The minimum absolute atomic E-state index is 0.0362. The molecule has 0 spiro atoms. The fourth-order valence-electron chi connectivity index (χ4n) is 4.36. The summed E-state index contributed by atoms with van der Waals surface area (Å²) in [5, 5.41) is 0.523. The standard InChI is InChI=1S/C24H25ClF3N5O3/c25-18-4-2-15(3-5-18)19-14-33-22(36)17(12-20(34)31-10-6-16(7-11-31)21(29)35)13-32(23(33)30-19)9-1-8-24(26,27)28/h2-5,13-14,16H,1,6-12H2,(H2,29,35). The molecule has 1 aliphatic rings. The third kappa shape index (κ3) is 5.89. The Balaban J connectivity index is 1.64. The molecule has 0 atom stereocenters. The molecule has 4 rings (SSSR count). The average Bonchev–Trinajstić information content (AvgIpc) is 3.27. The van der Waals surface area contributed by atoms with Crippen molar-refractivity contribution in [2.24, 2.45) is 11.7 Å². The van der Waals surface area contributed by atoms with Crippen molar-refractivity contribution >= 4 is 29.2 Å². The van der Waals surface area contributed by atoms with Gasteiger partial charge in [-0.1, -0.05) is 23.7 Å². The van der Waals surface area contributed by atoms with Crippen molar-refractivity contribution in [1.29, 1.82) is 0 Å². The highest BCUT2D eigenvalue weighted by Gasteiger charge is 2.28. The molecule has 3 aromatic rings. The van der Waals surface area contributed by atoms with E-state index >= 15 is 0 Å². The number of nitrogens with zero attached hydrogens (tertiary/aromatic N) is 4. The molecule has 8 nitrogen and oxygen atoms in total. The molecule has 2 amide bonds. The van der Waals surface area contributed by atoms with Crippen molar-refractivity contribution in [2.75, 3.05) is 13.1 Å². The predicted octanol–water partition coefficient (Wildman–Crippen LogP) is 3.43. The fraction of sp³-hybridized carbons (Fsp3) is 0.417. The number of amides is 2. The van der Waals surface area contributed by atoms with Gasteiger partial charge in [-0.05, 0) is 31.4 Å². The van der Waals surface area contributed by atoms with Gasteiger partial charge in [0.05, 0.1) is 12.1 Å². The van der Waals surface area contributed by atoms with Crippen LogP contribution < -0.4 is 11.3 Å². The Morgan fingerprint density at radius 1 is 1.11 bits per heavy atom. The van der Waals surface area contributed by atoms with Crippen LogP contribution in [0.4, 0.5) is 13.2 Å². The first-order chi connectivity index (χ1) is 17.0. The molecule has 1 aliphatic heterocycles. The number of aryl methyl sites for hydroxylation is 1. The number of benzene rings is 1. The maximum absolute atomic E-state index is 13.2. The minimum Gasteiger partial charge on any atom is -0.369 e. The van der Waals surface area contributed by atoms with Crippen LogP contribution >= 0.6 is 11.6 Å². The zero-order valence-corrected chi connectivity index (χ0v) is 20.1. The number of likely N-dealkylation sites (tertiary alicyclic amines) is 1. The number of nitrogens with two attached hydrogens (primary N) is 1. The van der Waals surface area contributed by atoms with E-state index < -0.39 is 24.1 Å². The molecule has 1 aromatic carbocycles. The Hall–Kier alpha value is -3.34. The molecular formula is C24H25ClF3N5O3. The van der Waals surface area contributed by atoms with Gasteiger partial charge in [-0.2, -0.15) is 13.2 Å². The third-order valence-electron chi connectivity index (χ3n) is 6.34. The lowest BCUT2D eigenvalue weighted by atomic mass is 9.96. The smallest absolute Gasteiger partial charge is 0.369 e. The van der Waals surface area contributed by atoms with E-state index in [0.29, 0.717) is 42.2 Å². The number of rotatable bonds is 7. The maximum atomic E-state index is 13.2. The van der Waals surface area contributed by atoms with Crippen molar-refractivity contribution in [3.05, 3.63) is 57.6 Å². The number of carbonyl (C=O) groups excluding carboxylic acids is 2. The molecule has 0 radical (unpaired) electrons. The third-order valence-corrected chi connectivity index (χ3v) is 6.59. The SMILES string of the molecule is NC(=O)C1CCN(C(=O)Cc2cn(CCCC(F)(F)F)c3nc(-c4ccc(Cl)cc4)cn3c2=O)CC1. The topological polar surface area (TPSA) is 103 Å². The van der Waals surface area contributed by atoms with Gasteiger partial charge in [0.25, 0.3) is 5.56 Å². The van der Waals surface area contributed by atoms with Gasteiger partial charge in [0.2, 0.25) is 17.6 Å². The van der Waals surface area contributed by atoms with Gasteiger partial charge in [0.1, 0.15) is 0 Å². The number of piperidine rings is 1. The molecule has 3 heterocycles. The summed E-state index contributed by atoms with van der Waals surface area (Å²) in [6, 6.07) is 6.79. The quantitative estimate of drug-likeness (QED) is 0.512. The average molecular weight is 524 g/mol. The molecule has 2 aromatic heterocycles.